The van der Waals surface area contributed by atoms with Crippen LogP contribution < -0.4 is 20.9 Å². The predicted molar refractivity (Wildman–Crippen MR) is 113 cm³/mol. The van der Waals surface area contributed by atoms with Crippen LogP contribution in [0.15, 0.2) is 24.4 Å². The van der Waals surface area contributed by atoms with E-state index in [0.717, 1.165) is 11.4 Å². The van der Waals surface area contributed by atoms with E-state index in [4.69, 9.17) is 10.5 Å². The van der Waals surface area contributed by atoms with E-state index in [1.54, 1.807) is 17.2 Å². The average molecular weight is 415 g/mol. The molecule has 1 aromatic heterocycles. The fraction of sp³-hybridized carbons (Fsp3) is 0.450. The summed E-state index contributed by atoms with van der Waals surface area (Å²) in [5.41, 5.74) is 7.42. The van der Waals surface area contributed by atoms with Crippen molar-refractivity contribution in [1.29, 1.82) is 0 Å². The van der Waals surface area contributed by atoms with E-state index in [2.05, 4.69) is 20.2 Å². The number of nitrogens with one attached hydrogen (secondary N) is 1. The number of carbonyl (C=O) groups is 1. The van der Waals surface area contributed by atoms with Crippen LogP contribution in [-0.2, 0) is 4.74 Å². The smallest absolute Gasteiger partial charge is 0.314 e. The van der Waals surface area contributed by atoms with Crippen LogP contribution in [0, 0.1) is 12.7 Å². The molecule has 0 radical (unpaired) electrons. The van der Waals surface area contributed by atoms with Gasteiger partial charge in [-0.25, -0.2) is 14.2 Å². The number of aromatic nitrogens is 2. The number of nitrogens with zero attached hydrogens (tertiary/aromatic N) is 5. The summed E-state index contributed by atoms with van der Waals surface area (Å²) in [6.07, 6.45) is 1.75. The van der Waals surface area contributed by atoms with Crippen molar-refractivity contribution in [1.82, 2.24) is 14.9 Å². The molecule has 30 heavy (non-hydrogen) atoms. The Kier molecular flexibility index (Phi) is 5.84. The summed E-state index contributed by atoms with van der Waals surface area (Å²) in [6.45, 7) is 6.70. The number of amides is 2. The van der Waals surface area contributed by atoms with Gasteiger partial charge in [-0.1, -0.05) is 6.07 Å². The molecule has 9 nitrogen and oxygen atoms in total. The Balaban J connectivity index is 1.56. The maximum Gasteiger partial charge on any atom is 0.314 e. The van der Waals surface area contributed by atoms with Crippen LogP contribution in [0.4, 0.5) is 32.3 Å². The van der Waals surface area contributed by atoms with Crippen molar-refractivity contribution in [2.24, 2.45) is 5.73 Å². The van der Waals surface area contributed by atoms with Gasteiger partial charge in [-0.05, 0) is 19.1 Å². The molecule has 4 rings (SSSR count). The quantitative estimate of drug-likeness (QED) is 0.784. The fourth-order valence-electron chi connectivity index (χ4n) is 3.80. The third-order valence-corrected chi connectivity index (χ3v) is 5.40. The minimum absolute atomic E-state index is 0.295. The van der Waals surface area contributed by atoms with Crippen LogP contribution in [0.5, 0.6) is 0 Å². The zero-order valence-corrected chi connectivity index (χ0v) is 17.0. The molecule has 3 heterocycles. The summed E-state index contributed by atoms with van der Waals surface area (Å²) in [5.74, 6) is 0.894. The second-order valence-electron chi connectivity index (χ2n) is 7.37. The number of primary amides is 1. The van der Waals surface area contributed by atoms with E-state index in [-0.39, 0.29) is 5.82 Å². The Labute approximate surface area is 174 Å². The van der Waals surface area contributed by atoms with Gasteiger partial charge in [0.05, 0.1) is 24.6 Å². The Morgan fingerprint density at radius 2 is 1.87 bits per heavy atom. The number of ether oxygens (including phenoxy) is 1. The van der Waals surface area contributed by atoms with Gasteiger partial charge in [-0.2, -0.15) is 4.98 Å². The van der Waals surface area contributed by atoms with Crippen LogP contribution in [0.2, 0.25) is 0 Å². The van der Waals surface area contributed by atoms with Gasteiger partial charge < -0.3 is 30.5 Å². The zero-order chi connectivity index (χ0) is 21.1. The van der Waals surface area contributed by atoms with Crippen molar-refractivity contribution in [2.75, 3.05) is 67.6 Å². The fourth-order valence-corrected chi connectivity index (χ4v) is 3.80. The topological polar surface area (TPSA) is 99.8 Å². The predicted octanol–water partition coefficient (Wildman–Crippen LogP) is 1.71. The van der Waals surface area contributed by atoms with Gasteiger partial charge in [0.1, 0.15) is 11.6 Å². The first-order valence-corrected chi connectivity index (χ1v) is 10.0. The summed E-state index contributed by atoms with van der Waals surface area (Å²) in [5, 5.41) is 3.19. The highest BCUT2D eigenvalue weighted by Crippen LogP contribution is 2.32. The summed E-state index contributed by atoms with van der Waals surface area (Å²) < 4.78 is 20.1. The number of para-hydroxylation sites is 1. The third-order valence-electron chi connectivity index (χ3n) is 5.40. The molecule has 0 bridgehead atoms. The second kappa shape index (κ2) is 8.70. The van der Waals surface area contributed by atoms with Crippen molar-refractivity contribution < 1.29 is 13.9 Å². The van der Waals surface area contributed by atoms with Crippen molar-refractivity contribution in [2.45, 2.75) is 6.92 Å². The highest BCUT2D eigenvalue weighted by atomic mass is 19.1. The molecule has 0 saturated carbocycles. The molecule has 0 atom stereocenters. The molecular weight excluding hydrogens is 389 g/mol. The number of halogens is 1. The van der Waals surface area contributed by atoms with Gasteiger partial charge in [-0.3, -0.25) is 0 Å². The number of benzene rings is 1. The normalized spacial score (nSPS) is 17.2. The minimum Gasteiger partial charge on any atom is -0.378 e. The molecule has 0 aliphatic carbocycles. The lowest BCUT2D eigenvalue weighted by Crippen LogP contribution is -2.50. The van der Waals surface area contributed by atoms with Gasteiger partial charge in [0.2, 0.25) is 5.95 Å². The Hall–Kier alpha value is -3.14. The van der Waals surface area contributed by atoms with E-state index in [9.17, 15) is 9.18 Å². The molecule has 2 aromatic rings. The van der Waals surface area contributed by atoms with Crippen molar-refractivity contribution in [3.63, 3.8) is 0 Å². The molecule has 2 saturated heterocycles. The molecular formula is C20H26FN7O2. The number of urea groups is 1. The van der Waals surface area contributed by atoms with E-state index in [1.165, 1.54) is 6.07 Å². The summed E-state index contributed by atoms with van der Waals surface area (Å²) in [6, 6.07) is 4.54. The van der Waals surface area contributed by atoms with Crippen LogP contribution in [0.25, 0.3) is 0 Å². The molecule has 2 aliphatic rings. The molecule has 2 fully saturated rings. The number of anilines is 4. The number of morpholine rings is 1. The van der Waals surface area contributed by atoms with E-state index in [0.29, 0.717) is 69.8 Å². The monoisotopic (exact) mass is 415 g/mol. The number of nitrogens with two attached hydrogens (primary N) is 1. The molecule has 10 heteroatoms. The molecule has 1 aromatic carbocycles. The van der Waals surface area contributed by atoms with Crippen LogP contribution in [-0.4, -0.2) is 73.4 Å². The third kappa shape index (κ3) is 4.23. The number of aryl methyl sites for hydroxylation is 1. The SMILES string of the molecule is Cc1cnc(Nc2cccc(F)c2N2CCOCC2)nc1N1CCN(C(N)=O)CC1. The Bertz CT molecular complexity index is 912. The number of hydrogen-bond donors (Lipinski definition) is 2. The van der Waals surface area contributed by atoms with Crippen molar-refractivity contribution in [3.05, 3.63) is 35.8 Å². The molecule has 0 spiro atoms. The highest BCUT2D eigenvalue weighted by Gasteiger charge is 2.23. The van der Waals surface area contributed by atoms with Gasteiger partial charge in [-0.15, -0.1) is 0 Å². The Morgan fingerprint density at radius 1 is 1.13 bits per heavy atom. The molecule has 2 aliphatic heterocycles. The lowest BCUT2D eigenvalue weighted by Gasteiger charge is -2.35. The number of rotatable bonds is 4. The largest absolute Gasteiger partial charge is 0.378 e. The lowest BCUT2D eigenvalue weighted by atomic mass is 10.2. The first kappa shape index (κ1) is 20.1. The average Bonchev–Trinajstić information content (AvgIpc) is 2.76. The van der Waals surface area contributed by atoms with Gasteiger partial charge in [0, 0.05) is 51.0 Å². The zero-order valence-electron chi connectivity index (χ0n) is 17.0. The summed E-state index contributed by atoms with van der Waals surface area (Å²) in [7, 11) is 0. The Morgan fingerprint density at radius 3 is 2.57 bits per heavy atom. The first-order chi connectivity index (χ1) is 14.5. The number of piperazine rings is 1. The molecule has 2 amide bonds. The standard InChI is InChI=1S/C20H26FN7O2/c1-14-13-23-20(25-18(14)27-5-7-28(8-6-27)19(22)29)24-16-4-2-3-15(21)17(16)26-9-11-30-12-10-26/h2-4,13H,5-12H2,1H3,(H2,22,29)(H,23,24,25). The maximum atomic E-state index is 14.7. The summed E-state index contributed by atoms with van der Waals surface area (Å²) >= 11 is 0. The van der Waals surface area contributed by atoms with E-state index in [1.807, 2.05) is 17.9 Å². The maximum absolute atomic E-state index is 14.7. The lowest BCUT2D eigenvalue weighted by molar-refractivity contribution is 0.122. The molecule has 160 valence electrons. The summed E-state index contributed by atoms with van der Waals surface area (Å²) in [4.78, 5) is 26.1. The van der Waals surface area contributed by atoms with E-state index < -0.39 is 6.03 Å². The van der Waals surface area contributed by atoms with E-state index >= 15 is 0 Å². The van der Waals surface area contributed by atoms with Gasteiger partial charge >= 0.3 is 6.03 Å². The van der Waals surface area contributed by atoms with Gasteiger partial charge in [0.25, 0.3) is 0 Å². The molecule has 0 unspecified atom stereocenters. The van der Waals surface area contributed by atoms with Crippen LogP contribution in [0.3, 0.4) is 0 Å². The van der Waals surface area contributed by atoms with Crippen molar-refractivity contribution >= 4 is 29.2 Å². The minimum atomic E-state index is -0.404. The highest BCUT2D eigenvalue weighted by molar-refractivity contribution is 5.75. The van der Waals surface area contributed by atoms with Crippen LogP contribution in [0.1, 0.15) is 5.56 Å². The van der Waals surface area contributed by atoms with Gasteiger partial charge in [0.15, 0.2) is 0 Å². The second-order valence-corrected chi connectivity index (χ2v) is 7.37. The number of hydrogen-bond acceptors (Lipinski definition) is 7. The number of carbonyl (C=O) groups excluding carboxylic acids is 1. The van der Waals surface area contributed by atoms with Crippen LogP contribution >= 0.6 is 0 Å². The first-order valence-electron chi connectivity index (χ1n) is 10.0. The molecule has 3 N–H and O–H groups in total. The van der Waals surface area contributed by atoms with Crippen molar-refractivity contribution in [3.8, 4) is 0 Å².